The Labute approximate surface area is 118 Å². The minimum atomic E-state index is -1.57. The monoisotopic (exact) mass is 282 g/mol. The second kappa shape index (κ2) is 4.06. The lowest BCUT2D eigenvalue weighted by atomic mass is 9.53. The van der Waals surface area contributed by atoms with Gasteiger partial charge in [-0.1, -0.05) is 13.8 Å². The second-order valence-electron chi connectivity index (χ2n) is 6.95. The first kappa shape index (κ1) is 14.0. The van der Waals surface area contributed by atoms with E-state index in [2.05, 4.69) is 0 Å². The molecule has 0 spiro atoms. The van der Waals surface area contributed by atoms with Crippen molar-refractivity contribution in [3.63, 3.8) is 0 Å². The van der Waals surface area contributed by atoms with E-state index in [1.165, 1.54) is 0 Å². The first-order valence-corrected chi connectivity index (χ1v) is 7.21. The highest BCUT2D eigenvalue weighted by Gasteiger charge is 2.61. The summed E-state index contributed by atoms with van der Waals surface area (Å²) in [5, 5.41) is 31.1. The molecule has 0 amide bonds. The molecule has 20 heavy (non-hydrogen) atoms. The molecule has 5 nitrogen and oxygen atoms in total. The highest BCUT2D eigenvalue weighted by Crippen LogP contribution is 2.58. The van der Waals surface area contributed by atoms with Crippen LogP contribution in [-0.4, -0.2) is 39.3 Å². The first-order chi connectivity index (χ1) is 9.19. The number of carbonyl (C=O) groups excluding carboxylic acids is 1. The van der Waals surface area contributed by atoms with Crippen molar-refractivity contribution >= 4 is 5.97 Å². The topological polar surface area (TPSA) is 87.0 Å². The van der Waals surface area contributed by atoms with E-state index in [1.54, 1.807) is 6.92 Å². The van der Waals surface area contributed by atoms with Crippen molar-refractivity contribution in [2.75, 3.05) is 0 Å². The van der Waals surface area contributed by atoms with Crippen LogP contribution in [0.3, 0.4) is 0 Å². The Morgan fingerprint density at radius 3 is 2.65 bits per heavy atom. The Balaban J connectivity index is 2.04. The molecule has 1 aliphatic heterocycles. The van der Waals surface area contributed by atoms with Crippen LogP contribution >= 0.6 is 0 Å². The molecule has 3 aliphatic rings. The summed E-state index contributed by atoms with van der Waals surface area (Å²) in [7, 11) is 0. The summed E-state index contributed by atoms with van der Waals surface area (Å²) in [4.78, 5) is 11.7. The first-order valence-electron chi connectivity index (χ1n) is 7.21. The van der Waals surface area contributed by atoms with Gasteiger partial charge in [-0.15, -0.1) is 0 Å². The van der Waals surface area contributed by atoms with Gasteiger partial charge in [0.2, 0.25) is 5.79 Å². The number of esters is 1. The number of rotatable bonds is 0. The number of aliphatic hydroxyl groups excluding tert-OH is 2. The molecule has 1 heterocycles. The quantitative estimate of drug-likeness (QED) is 0.570. The van der Waals surface area contributed by atoms with Crippen LogP contribution < -0.4 is 0 Å². The summed E-state index contributed by atoms with van der Waals surface area (Å²) in [6, 6.07) is 0. The molecule has 0 aromatic carbocycles. The molecule has 0 unspecified atom stereocenters. The van der Waals surface area contributed by atoms with Crippen LogP contribution in [0.5, 0.6) is 0 Å². The average Bonchev–Trinajstić information content (AvgIpc) is 2.55. The summed E-state index contributed by atoms with van der Waals surface area (Å²) in [6.07, 6.45) is -0.269. The third-order valence-electron chi connectivity index (χ3n) is 5.85. The summed E-state index contributed by atoms with van der Waals surface area (Å²) in [5.74, 6) is -2.01. The molecule has 2 saturated carbocycles. The Bertz CT molecular complexity index is 498. The number of ether oxygens (including phenoxy) is 1. The van der Waals surface area contributed by atoms with Crippen LogP contribution in [0.25, 0.3) is 0 Å². The molecule has 2 aliphatic carbocycles. The number of fused-ring (bicyclic) bond motifs is 2. The Morgan fingerprint density at radius 1 is 1.35 bits per heavy atom. The van der Waals surface area contributed by atoms with Crippen molar-refractivity contribution in [1.29, 1.82) is 0 Å². The smallest absolute Gasteiger partial charge is 0.336 e. The molecule has 112 valence electrons. The fraction of sp³-hybridized carbons (Fsp3) is 0.800. The average molecular weight is 282 g/mol. The zero-order chi connectivity index (χ0) is 14.9. The molecule has 0 radical (unpaired) electrons. The zero-order valence-corrected chi connectivity index (χ0v) is 12.1. The molecule has 0 bridgehead atoms. The van der Waals surface area contributed by atoms with Crippen molar-refractivity contribution in [2.45, 2.75) is 58.0 Å². The van der Waals surface area contributed by atoms with Crippen molar-refractivity contribution in [3.8, 4) is 0 Å². The third kappa shape index (κ3) is 1.63. The normalized spacial score (nSPS) is 51.6. The summed E-state index contributed by atoms with van der Waals surface area (Å²) >= 11 is 0. The van der Waals surface area contributed by atoms with E-state index in [-0.39, 0.29) is 18.3 Å². The van der Waals surface area contributed by atoms with Gasteiger partial charge in [-0.3, -0.25) is 0 Å². The van der Waals surface area contributed by atoms with Crippen LogP contribution in [0, 0.1) is 17.3 Å². The standard InChI is InChI=1S/C15H22O5/c1-7-9-4-10-8(2)13(18)20-15(10,19)6-14(9,3)12(17)5-11(7)16/h7,9,11-12,16-17,19H,4-6H2,1-3H3/t7-,9-,11+,12-,14+,15-/m1/s1. The predicted molar refractivity (Wildman–Crippen MR) is 70.4 cm³/mol. The summed E-state index contributed by atoms with van der Waals surface area (Å²) in [5.41, 5.74) is 0.538. The Hall–Kier alpha value is -0.910. The van der Waals surface area contributed by atoms with Gasteiger partial charge in [0.25, 0.3) is 0 Å². The van der Waals surface area contributed by atoms with Gasteiger partial charge in [0.15, 0.2) is 0 Å². The zero-order valence-electron chi connectivity index (χ0n) is 12.1. The van der Waals surface area contributed by atoms with Gasteiger partial charge in [-0.05, 0) is 25.2 Å². The fourth-order valence-electron chi connectivity index (χ4n) is 4.40. The molecular formula is C15H22O5. The highest BCUT2D eigenvalue weighted by molar-refractivity contribution is 5.92. The molecule has 6 atom stereocenters. The minimum absolute atomic E-state index is 0.0175. The van der Waals surface area contributed by atoms with E-state index in [0.29, 0.717) is 24.0 Å². The lowest BCUT2D eigenvalue weighted by Crippen LogP contribution is -2.58. The van der Waals surface area contributed by atoms with Gasteiger partial charge in [0, 0.05) is 29.4 Å². The van der Waals surface area contributed by atoms with E-state index in [0.717, 1.165) is 0 Å². The lowest BCUT2D eigenvalue weighted by molar-refractivity contribution is -0.230. The molecular weight excluding hydrogens is 260 g/mol. The maximum atomic E-state index is 11.7. The largest absolute Gasteiger partial charge is 0.426 e. The molecule has 0 aromatic heterocycles. The SMILES string of the molecule is CC1=C2C[C@@H]3[C@@H](C)[C@@H](O)C[C@@H](O)[C@@]3(C)C[C@@]2(O)OC1=O. The number of carbonyl (C=O) groups is 1. The van der Waals surface area contributed by atoms with E-state index in [9.17, 15) is 20.1 Å². The third-order valence-corrected chi connectivity index (χ3v) is 5.85. The van der Waals surface area contributed by atoms with Crippen LogP contribution in [0.4, 0.5) is 0 Å². The minimum Gasteiger partial charge on any atom is -0.426 e. The fourth-order valence-corrected chi connectivity index (χ4v) is 4.40. The number of hydrogen-bond donors (Lipinski definition) is 3. The molecule has 0 aromatic rings. The van der Waals surface area contributed by atoms with Gasteiger partial charge in [-0.2, -0.15) is 0 Å². The van der Waals surface area contributed by atoms with Gasteiger partial charge >= 0.3 is 5.97 Å². The van der Waals surface area contributed by atoms with E-state index in [1.807, 2.05) is 13.8 Å². The lowest BCUT2D eigenvalue weighted by Gasteiger charge is -2.55. The van der Waals surface area contributed by atoms with E-state index in [4.69, 9.17) is 4.74 Å². The molecule has 3 N–H and O–H groups in total. The maximum absolute atomic E-state index is 11.7. The summed E-state index contributed by atoms with van der Waals surface area (Å²) in [6.45, 7) is 5.55. The highest BCUT2D eigenvalue weighted by atomic mass is 16.7. The van der Waals surface area contributed by atoms with Crippen molar-refractivity contribution in [2.24, 2.45) is 17.3 Å². The van der Waals surface area contributed by atoms with Crippen LogP contribution in [0.2, 0.25) is 0 Å². The number of hydrogen-bond acceptors (Lipinski definition) is 5. The Morgan fingerprint density at radius 2 is 2.00 bits per heavy atom. The predicted octanol–water partition coefficient (Wildman–Crippen LogP) is 0.726. The van der Waals surface area contributed by atoms with Gasteiger partial charge in [0.05, 0.1) is 12.2 Å². The van der Waals surface area contributed by atoms with Crippen molar-refractivity contribution < 1.29 is 24.9 Å². The molecule has 3 rings (SSSR count). The van der Waals surface area contributed by atoms with E-state index < -0.39 is 29.4 Å². The molecule has 2 fully saturated rings. The van der Waals surface area contributed by atoms with Crippen LogP contribution in [-0.2, 0) is 9.53 Å². The van der Waals surface area contributed by atoms with Gasteiger partial charge in [-0.25, -0.2) is 4.79 Å². The van der Waals surface area contributed by atoms with Crippen molar-refractivity contribution in [1.82, 2.24) is 0 Å². The van der Waals surface area contributed by atoms with Gasteiger partial charge in [0.1, 0.15) is 0 Å². The molecule has 0 saturated heterocycles. The second-order valence-corrected chi connectivity index (χ2v) is 6.95. The summed E-state index contributed by atoms with van der Waals surface area (Å²) < 4.78 is 5.16. The van der Waals surface area contributed by atoms with Crippen LogP contribution in [0.1, 0.15) is 40.0 Å². The number of aliphatic hydroxyl groups is 3. The van der Waals surface area contributed by atoms with E-state index >= 15 is 0 Å². The van der Waals surface area contributed by atoms with Crippen molar-refractivity contribution in [3.05, 3.63) is 11.1 Å². The van der Waals surface area contributed by atoms with Gasteiger partial charge < -0.3 is 20.1 Å². The Kier molecular flexibility index (Phi) is 2.85. The molecule has 5 heteroatoms. The van der Waals surface area contributed by atoms with Crippen LogP contribution in [0.15, 0.2) is 11.1 Å². The maximum Gasteiger partial charge on any atom is 0.336 e.